The highest BCUT2D eigenvalue weighted by Gasteiger charge is 2.20. The summed E-state index contributed by atoms with van der Waals surface area (Å²) in [7, 11) is 0. The normalized spacial score (nSPS) is 12.1. The van der Waals surface area contributed by atoms with Gasteiger partial charge in [0.1, 0.15) is 0 Å². The fourth-order valence-corrected chi connectivity index (χ4v) is 1.99. The maximum Gasteiger partial charge on any atom is 0.184 e. The first-order valence-corrected chi connectivity index (χ1v) is 6.31. The zero-order valence-corrected chi connectivity index (χ0v) is 10.6. The van der Waals surface area contributed by atoms with Gasteiger partial charge in [-0.15, -0.1) is 0 Å². The van der Waals surface area contributed by atoms with Crippen LogP contribution in [-0.2, 0) is 0 Å². The topological polar surface area (TPSA) is 49.3 Å². The molecule has 98 valence electrons. The van der Waals surface area contributed by atoms with E-state index >= 15 is 0 Å². The standard InChI is InChI=1S/C16H17NO2/c18-12-11-17-15(13-7-3-1-4-8-13)16(19)14-9-5-2-6-10-14/h1-10,15,17-18H,11-12H2/t15-/m0/s1. The van der Waals surface area contributed by atoms with Gasteiger partial charge in [-0.05, 0) is 5.56 Å². The second kappa shape index (κ2) is 6.83. The molecule has 0 saturated carbocycles. The number of aliphatic hydroxyl groups is 1. The molecule has 0 saturated heterocycles. The van der Waals surface area contributed by atoms with Gasteiger partial charge in [0.05, 0.1) is 12.6 Å². The molecule has 0 fully saturated rings. The lowest BCUT2D eigenvalue weighted by Gasteiger charge is -2.17. The van der Waals surface area contributed by atoms with Crippen molar-refractivity contribution in [1.29, 1.82) is 0 Å². The molecule has 0 aliphatic rings. The molecule has 0 radical (unpaired) electrons. The van der Waals surface area contributed by atoms with Crippen molar-refractivity contribution < 1.29 is 9.90 Å². The number of aliphatic hydroxyl groups excluding tert-OH is 1. The lowest BCUT2D eigenvalue weighted by atomic mass is 9.97. The second-order valence-electron chi connectivity index (χ2n) is 4.25. The van der Waals surface area contributed by atoms with E-state index in [2.05, 4.69) is 5.32 Å². The number of Topliss-reactive ketones (excluding diaryl/α,β-unsaturated/α-hetero) is 1. The molecule has 0 spiro atoms. The Hall–Kier alpha value is -1.97. The third-order valence-electron chi connectivity index (χ3n) is 2.91. The van der Waals surface area contributed by atoms with E-state index in [0.717, 1.165) is 5.56 Å². The van der Waals surface area contributed by atoms with Crippen molar-refractivity contribution in [3.8, 4) is 0 Å². The summed E-state index contributed by atoms with van der Waals surface area (Å²) in [6.07, 6.45) is 0. The van der Waals surface area contributed by atoms with Crippen LogP contribution in [0, 0.1) is 0 Å². The van der Waals surface area contributed by atoms with E-state index in [9.17, 15) is 4.79 Å². The van der Waals surface area contributed by atoms with E-state index in [0.29, 0.717) is 12.1 Å². The van der Waals surface area contributed by atoms with Crippen LogP contribution in [0.5, 0.6) is 0 Å². The molecule has 1 atom stereocenters. The van der Waals surface area contributed by atoms with Gasteiger partial charge in [0.15, 0.2) is 5.78 Å². The van der Waals surface area contributed by atoms with Crippen LogP contribution in [0.3, 0.4) is 0 Å². The van der Waals surface area contributed by atoms with Gasteiger partial charge in [-0.1, -0.05) is 60.7 Å². The average Bonchev–Trinajstić information content (AvgIpc) is 2.49. The fourth-order valence-electron chi connectivity index (χ4n) is 1.99. The number of carbonyl (C=O) groups is 1. The number of nitrogens with one attached hydrogen (secondary N) is 1. The van der Waals surface area contributed by atoms with Crippen LogP contribution in [0.4, 0.5) is 0 Å². The lowest BCUT2D eigenvalue weighted by molar-refractivity contribution is 0.0940. The van der Waals surface area contributed by atoms with Gasteiger partial charge in [0.2, 0.25) is 0 Å². The highest BCUT2D eigenvalue weighted by Crippen LogP contribution is 2.18. The molecular weight excluding hydrogens is 238 g/mol. The molecule has 2 aromatic carbocycles. The third kappa shape index (κ3) is 3.50. The molecule has 0 aliphatic carbocycles. The van der Waals surface area contributed by atoms with Crippen LogP contribution >= 0.6 is 0 Å². The number of hydrogen-bond acceptors (Lipinski definition) is 3. The Kier molecular flexibility index (Phi) is 4.84. The van der Waals surface area contributed by atoms with Crippen LogP contribution in [0.1, 0.15) is 22.0 Å². The number of rotatable bonds is 6. The smallest absolute Gasteiger partial charge is 0.184 e. The highest BCUT2D eigenvalue weighted by atomic mass is 16.3. The molecule has 0 bridgehead atoms. The molecule has 2 N–H and O–H groups in total. The Bertz CT molecular complexity index is 511. The summed E-state index contributed by atoms with van der Waals surface area (Å²) in [4.78, 5) is 12.5. The van der Waals surface area contributed by atoms with Crippen LogP contribution in [0.25, 0.3) is 0 Å². The highest BCUT2D eigenvalue weighted by molar-refractivity contribution is 6.00. The Morgan fingerprint density at radius 2 is 1.58 bits per heavy atom. The maximum absolute atomic E-state index is 12.5. The summed E-state index contributed by atoms with van der Waals surface area (Å²) in [5, 5.41) is 12.0. The number of carbonyl (C=O) groups excluding carboxylic acids is 1. The molecule has 3 nitrogen and oxygen atoms in total. The Balaban J connectivity index is 2.25. The molecule has 0 heterocycles. The number of ketones is 1. The van der Waals surface area contributed by atoms with E-state index < -0.39 is 6.04 Å². The monoisotopic (exact) mass is 255 g/mol. The fraction of sp³-hybridized carbons (Fsp3) is 0.188. The largest absolute Gasteiger partial charge is 0.395 e. The van der Waals surface area contributed by atoms with Crippen molar-refractivity contribution in [3.63, 3.8) is 0 Å². The first-order valence-electron chi connectivity index (χ1n) is 6.31. The quantitative estimate of drug-likeness (QED) is 0.778. The summed E-state index contributed by atoms with van der Waals surface area (Å²) in [5.74, 6) is 0.0141. The van der Waals surface area contributed by atoms with E-state index in [1.165, 1.54) is 0 Å². The molecule has 19 heavy (non-hydrogen) atoms. The minimum atomic E-state index is -0.421. The molecule has 0 unspecified atom stereocenters. The van der Waals surface area contributed by atoms with E-state index in [1.54, 1.807) is 12.1 Å². The van der Waals surface area contributed by atoms with E-state index in [1.807, 2.05) is 48.5 Å². The predicted molar refractivity (Wildman–Crippen MR) is 75.0 cm³/mol. The van der Waals surface area contributed by atoms with E-state index in [-0.39, 0.29) is 12.4 Å². The van der Waals surface area contributed by atoms with Gasteiger partial charge in [-0.3, -0.25) is 4.79 Å². The summed E-state index contributed by atoms with van der Waals surface area (Å²) >= 11 is 0. The third-order valence-corrected chi connectivity index (χ3v) is 2.91. The Morgan fingerprint density at radius 3 is 2.16 bits per heavy atom. The summed E-state index contributed by atoms with van der Waals surface area (Å²) in [6.45, 7) is 0.392. The molecule has 0 aliphatic heterocycles. The average molecular weight is 255 g/mol. The molecule has 0 aromatic heterocycles. The molecule has 2 rings (SSSR count). The van der Waals surface area contributed by atoms with Crippen molar-refractivity contribution in [1.82, 2.24) is 5.32 Å². The zero-order valence-electron chi connectivity index (χ0n) is 10.6. The molecular formula is C16H17NO2. The second-order valence-corrected chi connectivity index (χ2v) is 4.25. The van der Waals surface area contributed by atoms with Gasteiger partial charge in [-0.2, -0.15) is 0 Å². The number of hydrogen-bond donors (Lipinski definition) is 2. The maximum atomic E-state index is 12.5. The van der Waals surface area contributed by atoms with E-state index in [4.69, 9.17) is 5.11 Å². The molecule has 3 heteroatoms. The van der Waals surface area contributed by atoms with Gasteiger partial charge in [-0.25, -0.2) is 0 Å². The zero-order chi connectivity index (χ0) is 13.5. The van der Waals surface area contributed by atoms with Crippen LogP contribution in [0.2, 0.25) is 0 Å². The Labute approximate surface area is 112 Å². The summed E-state index contributed by atoms with van der Waals surface area (Å²) < 4.78 is 0. The lowest BCUT2D eigenvalue weighted by Crippen LogP contribution is -2.30. The first-order chi connectivity index (χ1) is 9.33. The van der Waals surface area contributed by atoms with Gasteiger partial charge < -0.3 is 10.4 Å². The first kappa shape index (κ1) is 13.5. The van der Waals surface area contributed by atoms with Crippen LogP contribution < -0.4 is 5.32 Å². The van der Waals surface area contributed by atoms with Crippen molar-refractivity contribution in [2.45, 2.75) is 6.04 Å². The minimum Gasteiger partial charge on any atom is -0.395 e. The molecule has 2 aromatic rings. The van der Waals surface area contributed by atoms with Crippen molar-refractivity contribution >= 4 is 5.78 Å². The molecule has 0 amide bonds. The van der Waals surface area contributed by atoms with Crippen molar-refractivity contribution in [3.05, 3.63) is 71.8 Å². The number of benzene rings is 2. The van der Waals surface area contributed by atoms with Crippen molar-refractivity contribution in [2.24, 2.45) is 0 Å². The summed E-state index contributed by atoms with van der Waals surface area (Å²) in [6, 6.07) is 18.3. The van der Waals surface area contributed by atoms with Gasteiger partial charge in [0.25, 0.3) is 0 Å². The summed E-state index contributed by atoms with van der Waals surface area (Å²) in [5.41, 5.74) is 1.58. The minimum absolute atomic E-state index is 0.00536. The van der Waals surface area contributed by atoms with Crippen LogP contribution in [-0.4, -0.2) is 24.0 Å². The Morgan fingerprint density at radius 1 is 1.00 bits per heavy atom. The van der Waals surface area contributed by atoms with Crippen molar-refractivity contribution in [2.75, 3.05) is 13.2 Å². The van der Waals surface area contributed by atoms with Gasteiger partial charge in [0, 0.05) is 12.1 Å². The SMILES string of the molecule is O=C(c1ccccc1)[C@@H](NCCO)c1ccccc1. The van der Waals surface area contributed by atoms with Crippen LogP contribution in [0.15, 0.2) is 60.7 Å². The predicted octanol–water partition coefficient (Wildman–Crippen LogP) is 2.19. The van der Waals surface area contributed by atoms with Gasteiger partial charge >= 0.3 is 0 Å².